The Morgan fingerprint density at radius 2 is 2.10 bits per heavy atom. The topological polar surface area (TPSA) is 46.9 Å². The number of hydrogen-bond acceptors (Lipinski definition) is 2. The fourth-order valence-electron chi connectivity index (χ4n) is 2.72. The van der Waals surface area contributed by atoms with E-state index in [1.54, 1.807) is 4.68 Å². The molecule has 0 radical (unpaired) electrons. The molecule has 1 saturated carbocycles. The molecule has 112 valence electrons. The highest BCUT2D eigenvalue weighted by molar-refractivity contribution is 9.09. The van der Waals surface area contributed by atoms with E-state index in [2.05, 4.69) is 33.3 Å². The van der Waals surface area contributed by atoms with E-state index in [-0.39, 0.29) is 5.91 Å². The van der Waals surface area contributed by atoms with Gasteiger partial charge in [-0.05, 0) is 51.0 Å². The molecule has 1 amide bonds. The Labute approximate surface area is 129 Å². The van der Waals surface area contributed by atoms with Gasteiger partial charge in [0.05, 0.1) is 5.69 Å². The minimum Gasteiger partial charge on any atom is -0.350 e. The minimum atomic E-state index is 0.0139. The first-order chi connectivity index (χ1) is 9.63. The molecule has 1 N–H and O–H groups in total. The smallest absolute Gasteiger partial charge is 0.269 e. The Kier molecular flexibility index (Phi) is 5.64. The molecule has 1 aromatic heterocycles. The van der Waals surface area contributed by atoms with Gasteiger partial charge in [-0.15, -0.1) is 0 Å². The molecule has 0 atom stereocenters. The van der Waals surface area contributed by atoms with Gasteiger partial charge in [-0.3, -0.25) is 9.48 Å². The average molecular weight is 342 g/mol. The van der Waals surface area contributed by atoms with E-state index in [4.69, 9.17) is 0 Å². The molecule has 5 heteroatoms. The zero-order chi connectivity index (χ0) is 14.5. The highest BCUT2D eigenvalue weighted by Gasteiger charge is 2.20. The van der Waals surface area contributed by atoms with Crippen molar-refractivity contribution in [1.82, 2.24) is 15.1 Å². The standard InChI is InChI=1S/C15H24BrN3O/c1-3-13-9-14(19(4-2)18-13)15(20)17-10-11-5-7-12(16)8-6-11/h9,11-12H,3-8,10H2,1-2H3,(H,17,20). The van der Waals surface area contributed by atoms with Crippen molar-refractivity contribution in [1.29, 1.82) is 0 Å². The maximum absolute atomic E-state index is 12.3. The summed E-state index contributed by atoms with van der Waals surface area (Å²) in [5.41, 5.74) is 1.68. The molecule has 1 aromatic rings. The van der Waals surface area contributed by atoms with Gasteiger partial charge >= 0.3 is 0 Å². The summed E-state index contributed by atoms with van der Waals surface area (Å²) in [5, 5.41) is 7.50. The molecule has 1 heterocycles. The van der Waals surface area contributed by atoms with Gasteiger partial charge in [0.2, 0.25) is 0 Å². The molecule has 0 unspecified atom stereocenters. The van der Waals surface area contributed by atoms with Crippen LogP contribution in [0.5, 0.6) is 0 Å². The number of halogens is 1. The van der Waals surface area contributed by atoms with Crippen LogP contribution in [-0.4, -0.2) is 27.1 Å². The fourth-order valence-corrected chi connectivity index (χ4v) is 3.25. The number of aryl methyl sites for hydroxylation is 2. The lowest BCUT2D eigenvalue weighted by Crippen LogP contribution is -2.32. The van der Waals surface area contributed by atoms with Gasteiger partial charge in [0, 0.05) is 17.9 Å². The number of nitrogens with one attached hydrogen (secondary N) is 1. The molecule has 4 nitrogen and oxygen atoms in total. The van der Waals surface area contributed by atoms with Crippen LogP contribution in [0.2, 0.25) is 0 Å². The quantitative estimate of drug-likeness (QED) is 0.836. The van der Waals surface area contributed by atoms with E-state index < -0.39 is 0 Å². The molecule has 0 saturated heterocycles. The molecule has 2 rings (SSSR count). The summed E-state index contributed by atoms with van der Waals surface area (Å²) < 4.78 is 1.80. The average Bonchev–Trinajstić information content (AvgIpc) is 2.90. The second-order valence-corrected chi connectivity index (χ2v) is 6.81. The number of amides is 1. The highest BCUT2D eigenvalue weighted by Crippen LogP contribution is 2.28. The molecule has 0 spiro atoms. The lowest BCUT2D eigenvalue weighted by molar-refractivity contribution is 0.0933. The van der Waals surface area contributed by atoms with Crippen LogP contribution in [0, 0.1) is 5.92 Å². The third kappa shape index (κ3) is 3.84. The summed E-state index contributed by atoms with van der Waals surface area (Å²) in [6, 6.07) is 1.91. The Morgan fingerprint density at radius 1 is 1.40 bits per heavy atom. The van der Waals surface area contributed by atoms with Crippen molar-refractivity contribution in [2.24, 2.45) is 5.92 Å². The van der Waals surface area contributed by atoms with Gasteiger partial charge in [0.15, 0.2) is 0 Å². The van der Waals surface area contributed by atoms with E-state index in [9.17, 15) is 4.79 Å². The van der Waals surface area contributed by atoms with E-state index in [0.29, 0.717) is 16.4 Å². The van der Waals surface area contributed by atoms with Crippen LogP contribution in [0.4, 0.5) is 0 Å². The van der Waals surface area contributed by atoms with Crippen LogP contribution in [0.15, 0.2) is 6.07 Å². The van der Waals surface area contributed by atoms with Crippen LogP contribution in [0.1, 0.15) is 55.7 Å². The van der Waals surface area contributed by atoms with Crippen molar-refractivity contribution >= 4 is 21.8 Å². The summed E-state index contributed by atoms with van der Waals surface area (Å²) in [5.74, 6) is 0.636. The monoisotopic (exact) mass is 341 g/mol. The maximum atomic E-state index is 12.3. The Morgan fingerprint density at radius 3 is 2.70 bits per heavy atom. The zero-order valence-corrected chi connectivity index (χ0v) is 13.9. The van der Waals surface area contributed by atoms with E-state index in [1.165, 1.54) is 25.7 Å². The second-order valence-electron chi connectivity index (χ2n) is 5.52. The van der Waals surface area contributed by atoms with Crippen molar-refractivity contribution in [2.45, 2.75) is 57.3 Å². The van der Waals surface area contributed by atoms with Crippen LogP contribution in [-0.2, 0) is 13.0 Å². The van der Waals surface area contributed by atoms with Gasteiger partial charge in [0.25, 0.3) is 5.91 Å². The van der Waals surface area contributed by atoms with Gasteiger partial charge in [-0.2, -0.15) is 5.10 Å². The highest BCUT2D eigenvalue weighted by atomic mass is 79.9. The maximum Gasteiger partial charge on any atom is 0.269 e. The fraction of sp³-hybridized carbons (Fsp3) is 0.733. The molecule has 0 aromatic carbocycles. The van der Waals surface area contributed by atoms with Crippen LogP contribution >= 0.6 is 15.9 Å². The molecule has 0 aliphatic heterocycles. The Bertz CT molecular complexity index is 450. The second kappa shape index (κ2) is 7.25. The number of hydrogen-bond donors (Lipinski definition) is 1. The number of carbonyl (C=O) groups is 1. The largest absolute Gasteiger partial charge is 0.350 e. The first-order valence-corrected chi connectivity index (χ1v) is 8.54. The van der Waals surface area contributed by atoms with Crippen molar-refractivity contribution in [2.75, 3.05) is 6.54 Å². The van der Waals surface area contributed by atoms with Gasteiger partial charge in [-0.25, -0.2) is 0 Å². The third-order valence-corrected chi connectivity index (χ3v) is 4.97. The summed E-state index contributed by atoms with van der Waals surface area (Å²) in [6.45, 7) is 5.59. The zero-order valence-electron chi connectivity index (χ0n) is 12.4. The number of aromatic nitrogens is 2. The van der Waals surface area contributed by atoms with Crippen LogP contribution in [0.25, 0.3) is 0 Å². The van der Waals surface area contributed by atoms with Gasteiger partial charge < -0.3 is 5.32 Å². The lowest BCUT2D eigenvalue weighted by atomic mass is 9.89. The lowest BCUT2D eigenvalue weighted by Gasteiger charge is -2.25. The van der Waals surface area contributed by atoms with Gasteiger partial charge in [-0.1, -0.05) is 22.9 Å². The molecular formula is C15H24BrN3O. The van der Waals surface area contributed by atoms with Crippen molar-refractivity contribution < 1.29 is 4.79 Å². The first kappa shape index (κ1) is 15.5. The van der Waals surface area contributed by atoms with E-state index in [0.717, 1.165) is 25.2 Å². The van der Waals surface area contributed by atoms with Gasteiger partial charge in [0.1, 0.15) is 5.69 Å². The number of nitrogens with zero attached hydrogens (tertiary/aromatic N) is 2. The SMILES string of the molecule is CCc1cc(C(=O)NCC2CCC(Br)CC2)n(CC)n1. The van der Waals surface area contributed by atoms with Crippen LogP contribution in [0.3, 0.4) is 0 Å². The molecule has 0 bridgehead atoms. The molecule has 1 fully saturated rings. The minimum absolute atomic E-state index is 0.0139. The number of carbonyl (C=O) groups excluding carboxylic acids is 1. The predicted octanol–water partition coefficient (Wildman–Crippen LogP) is 3.15. The van der Waals surface area contributed by atoms with Crippen molar-refractivity contribution in [3.8, 4) is 0 Å². The van der Waals surface area contributed by atoms with E-state index >= 15 is 0 Å². The molecule has 20 heavy (non-hydrogen) atoms. The van der Waals surface area contributed by atoms with Crippen molar-refractivity contribution in [3.05, 3.63) is 17.5 Å². The summed E-state index contributed by atoms with van der Waals surface area (Å²) in [7, 11) is 0. The first-order valence-electron chi connectivity index (χ1n) is 7.63. The summed E-state index contributed by atoms with van der Waals surface area (Å²) in [4.78, 5) is 12.9. The van der Waals surface area contributed by atoms with Crippen LogP contribution < -0.4 is 5.32 Å². The molecular weight excluding hydrogens is 318 g/mol. The normalized spacial score (nSPS) is 22.8. The summed E-state index contributed by atoms with van der Waals surface area (Å²) >= 11 is 3.66. The molecule has 1 aliphatic rings. The Balaban J connectivity index is 1.89. The Hall–Kier alpha value is -0.840. The summed E-state index contributed by atoms with van der Waals surface area (Å²) in [6.07, 6.45) is 5.69. The predicted molar refractivity (Wildman–Crippen MR) is 84.3 cm³/mol. The number of alkyl halides is 1. The van der Waals surface area contributed by atoms with E-state index in [1.807, 2.05) is 13.0 Å². The number of rotatable bonds is 5. The molecule has 1 aliphatic carbocycles. The third-order valence-electron chi connectivity index (χ3n) is 4.05. The van der Waals surface area contributed by atoms with Crippen molar-refractivity contribution in [3.63, 3.8) is 0 Å².